The molecule has 0 aromatic heterocycles. The number of hydrazine groups is 1. The van der Waals surface area contributed by atoms with Crippen LogP contribution in [0.15, 0.2) is 48.5 Å². The summed E-state index contributed by atoms with van der Waals surface area (Å²) in [6.45, 7) is 5.13. The molecule has 0 spiro atoms. The maximum atomic E-state index is 3.24. The predicted octanol–water partition coefficient (Wildman–Crippen LogP) is 3.42. The van der Waals surface area contributed by atoms with Crippen molar-refractivity contribution >= 4 is 5.69 Å². The fourth-order valence-electron chi connectivity index (χ4n) is 1.77. The highest BCUT2D eigenvalue weighted by Crippen LogP contribution is 2.12. The summed E-state index contributed by atoms with van der Waals surface area (Å²) in [4.78, 5) is 0. The normalized spacial score (nSPS) is 10.2. The van der Waals surface area contributed by atoms with Crippen molar-refractivity contribution in [3.63, 3.8) is 0 Å². The quantitative estimate of drug-likeness (QED) is 0.781. The van der Waals surface area contributed by atoms with Gasteiger partial charge < -0.3 is 5.43 Å². The maximum absolute atomic E-state index is 3.24. The molecule has 2 rings (SSSR count). The standard InChI is InChI=1S/C15H18N2/c1-12-7-6-8-14(13(12)2)11-16-17-15-9-4-3-5-10-15/h3-10,16-17H,11H2,1-2H3. The van der Waals surface area contributed by atoms with E-state index in [2.05, 4.69) is 42.9 Å². The number of anilines is 1. The number of para-hydroxylation sites is 1. The van der Waals surface area contributed by atoms with E-state index < -0.39 is 0 Å². The SMILES string of the molecule is Cc1cccc(CNNc2ccccc2)c1C. The molecule has 0 bridgehead atoms. The van der Waals surface area contributed by atoms with Crippen LogP contribution >= 0.6 is 0 Å². The summed E-state index contributed by atoms with van der Waals surface area (Å²) in [5.74, 6) is 0. The van der Waals surface area contributed by atoms with E-state index in [1.165, 1.54) is 16.7 Å². The third-order valence-electron chi connectivity index (χ3n) is 3.00. The van der Waals surface area contributed by atoms with Gasteiger partial charge in [-0.2, -0.15) is 0 Å². The highest BCUT2D eigenvalue weighted by Gasteiger charge is 1.99. The monoisotopic (exact) mass is 226 g/mol. The van der Waals surface area contributed by atoms with E-state index in [-0.39, 0.29) is 0 Å². The smallest absolute Gasteiger partial charge is 0.0487 e. The first-order valence-corrected chi connectivity index (χ1v) is 5.86. The molecule has 0 radical (unpaired) electrons. The molecule has 2 aromatic carbocycles. The summed E-state index contributed by atoms with van der Waals surface area (Å²) in [6, 6.07) is 16.5. The molecule has 0 saturated carbocycles. The van der Waals surface area contributed by atoms with Crippen molar-refractivity contribution in [1.29, 1.82) is 0 Å². The van der Waals surface area contributed by atoms with Crippen LogP contribution in [0.5, 0.6) is 0 Å². The minimum Gasteiger partial charge on any atom is -0.321 e. The van der Waals surface area contributed by atoms with E-state index >= 15 is 0 Å². The Labute approximate surface area is 103 Å². The van der Waals surface area contributed by atoms with Gasteiger partial charge in [0.2, 0.25) is 0 Å². The lowest BCUT2D eigenvalue weighted by atomic mass is 10.0. The predicted molar refractivity (Wildman–Crippen MR) is 72.8 cm³/mol. The van der Waals surface area contributed by atoms with Crippen molar-refractivity contribution < 1.29 is 0 Å². The highest BCUT2D eigenvalue weighted by atomic mass is 15.3. The van der Waals surface area contributed by atoms with Gasteiger partial charge in [0.1, 0.15) is 0 Å². The van der Waals surface area contributed by atoms with Crippen LogP contribution in [0.4, 0.5) is 5.69 Å². The Bertz CT molecular complexity index is 478. The molecule has 2 aromatic rings. The molecule has 2 nitrogen and oxygen atoms in total. The van der Waals surface area contributed by atoms with Gasteiger partial charge in [-0.3, -0.25) is 0 Å². The molecule has 2 N–H and O–H groups in total. The Morgan fingerprint density at radius 3 is 2.41 bits per heavy atom. The van der Waals surface area contributed by atoms with Crippen molar-refractivity contribution in [3.8, 4) is 0 Å². The Kier molecular flexibility index (Phi) is 3.78. The molecule has 0 unspecified atom stereocenters. The van der Waals surface area contributed by atoms with Gasteiger partial charge in [-0.1, -0.05) is 36.4 Å². The molecule has 2 heteroatoms. The average Bonchev–Trinajstić information content (AvgIpc) is 2.36. The first kappa shape index (κ1) is 11.7. The molecule has 0 amide bonds. The Morgan fingerprint density at radius 2 is 1.65 bits per heavy atom. The first-order valence-electron chi connectivity index (χ1n) is 5.86. The summed E-state index contributed by atoms with van der Waals surface area (Å²) >= 11 is 0. The molecule has 0 aliphatic heterocycles. The summed E-state index contributed by atoms with van der Waals surface area (Å²) in [5, 5.41) is 0. The number of benzene rings is 2. The van der Waals surface area contributed by atoms with Gasteiger partial charge in [0, 0.05) is 12.2 Å². The second-order valence-corrected chi connectivity index (χ2v) is 4.20. The van der Waals surface area contributed by atoms with Crippen LogP contribution in [0.1, 0.15) is 16.7 Å². The molecule has 0 aliphatic carbocycles. The van der Waals surface area contributed by atoms with E-state index in [1.807, 2.05) is 30.3 Å². The van der Waals surface area contributed by atoms with Gasteiger partial charge in [-0.15, -0.1) is 0 Å². The lowest BCUT2D eigenvalue weighted by Gasteiger charge is -2.11. The van der Waals surface area contributed by atoms with Gasteiger partial charge in [0.15, 0.2) is 0 Å². The molecular formula is C15H18N2. The first-order chi connectivity index (χ1) is 8.27. The van der Waals surface area contributed by atoms with E-state index in [9.17, 15) is 0 Å². The molecule has 17 heavy (non-hydrogen) atoms. The van der Waals surface area contributed by atoms with Crippen molar-refractivity contribution in [2.75, 3.05) is 5.43 Å². The lowest BCUT2D eigenvalue weighted by molar-refractivity contribution is 0.795. The van der Waals surface area contributed by atoms with Gasteiger partial charge in [-0.25, -0.2) is 5.43 Å². The van der Waals surface area contributed by atoms with Gasteiger partial charge in [0.05, 0.1) is 0 Å². The van der Waals surface area contributed by atoms with Crippen LogP contribution in [0.2, 0.25) is 0 Å². The number of rotatable bonds is 4. The second kappa shape index (κ2) is 5.51. The Morgan fingerprint density at radius 1 is 0.882 bits per heavy atom. The fraction of sp³-hybridized carbons (Fsp3) is 0.200. The molecular weight excluding hydrogens is 208 g/mol. The lowest BCUT2D eigenvalue weighted by Crippen LogP contribution is -2.21. The van der Waals surface area contributed by atoms with Crippen molar-refractivity contribution in [2.24, 2.45) is 0 Å². The number of hydrogen-bond acceptors (Lipinski definition) is 2. The summed E-state index contributed by atoms with van der Waals surface area (Å²) in [5.41, 5.74) is 11.5. The van der Waals surface area contributed by atoms with Crippen molar-refractivity contribution in [3.05, 3.63) is 65.2 Å². The van der Waals surface area contributed by atoms with Crippen LogP contribution in [0.25, 0.3) is 0 Å². The zero-order valence-corrected chi connectivity index (χ0v) is 10.3. The van der Waals surface area contributed by atoms with Crippen LogP contribution in [0, 0.1) is 13.8 Å². The summed E-state index contributed by atoms with van der Waals surface area (Å²) in [7, 11) is 0. The van der Waals surface area contributed by atoms with Crippen LogP contribution < -0.4 is 10.9 Å². The van der Waals surface area contributed by atoms with Gasteiger partial charge in [0.25, 0.3) is 0 Å². The third kappa shape index (κ3) is 3.08. The number of nitrogens with one attached hydrogen (secondary N) is 2. The second-order valence-electron chi connectivity index (χ2n) is 4.20. The maximum Gasteiger partial charge on any atom is 0.0487 e. The Hall–Kier alpha value is -1.80. The van der Waals surface area contributed by atoms with E-state index in [4.69, 9.17) is 0 Å². The average molecular weight is 226 g/mol. The van der Waals surface area contributed by atoms with Crippen LogP contribution in [0.3, 0.4) is 0 Å². The van der Waals surface area contributed by atoms with Crippen LogP contribution in [-0.2, 0) is 6.54 Å². The number of hydrogen-bond donors (Lipinski definition) is 2. The summed E-state index contributed by atoms with van der Waals surface area (Å²) in [6.07, 6.45) is 0. The molecule has 0 heterocycles. The topological polar surface area (TPSA) is 24.1 Å². The molecule has 0 atom stereocenters. The molecule has 0 aliphatic rings. The fourth-order valence-corrected chi connectivity index (χ4v) is 1.77. The Balaban J connectivity index is 1.93. The van der Waals surface area contributed by atoms with Gasteiger partial charge in [-0.05, 0) is 42.7 Å². The van der Waals surface area contributed by atoms with Gasteiger partial charge >= 0.3 is 0 Å². The number of aryl methyl sites for hydroxylation is 1. The third-order valence-corrected chi connectivity index (χ3v) is 3.00. The zero-order chi connectivity index (χ0) is 12.1. The van der Waals surface area contributed by atoms with Crippen molar-refractivity contribution in [2.45, 2.75) is 20.4 Å². The minimum absolute atomic E-state index is 0.822. The molecule has 0 fully saturated rings. The van der Waals surface area contributed by atoms with E-state index in [0.29, 0.717) is 0 Å². The van der Waals surface area contributed by atoms with Crippen molar-refractivity contribution in [1.82, 2.24) is 5.43 Å². The molecule has 88 valence electrons. The zero-order valence-electron chi connectivity index (χ0n) is 10.3. The van der Waals surface area contributed by atoms with Crippen LogP contribution in [-0.4, -0.2) is 0 Å². The van der Waals surface area contributed by atoms with E-state index in [0.717, 1.165) is 12.2 Å². The minimum atomic E-state index is 0.822. The summed E-state index contributed by atoms with van der Waals surface area (Å²) < 4.78 is 0. The largest absolute Gasteiger partial charge is 0.321 e. The highest BCUT2D eigenvalue weighted by molar-refractivity contribution is 5.41. The molecule has 0 saturated heterocycles. The van der Waals surface area contributed by atoms with E-state index in [1.54, 1.807) is 0 Å².